The van der Waals surface area contributed by atoms with E-state index in [0.29, 0.717) is 23.6 Å². The van der Waals surface area contributed by atoms with Crippen LogP contribution in [0.15, 0.2) is 18.2 Å². The number of carbonyl (C=O) groups is 1. The van der Waals surface area contributed by atoms with Crippen molar-refractivity contribution in [1.29, 1.82) is 0 Å². The van der Waals surface area contributed by atoms with Crippen LogP contribution in [0.3, 0.4) is 0 Å². The highest BCUT2D eigenvalue weighted by Gasteiger charge is 2.32. The third-order valence-corrected chi connectivity index (χ3v) is 5.43. The van der Waals surface area contributed by atoms with Crippen molar-refractivity contribution in [3.63, 3.8) is 0 Å². The number of nitrogens with one attached hydrogen (secondary N) is 1. The van der Waals surface area contributed by atoms with Crippen molar-refractivity contribution in [2.24, 2.45) is 0 Å². The molecule has 1 aliphatic heterocycles. The van der Waals surface area contributed by atoms with Gasteiger partial charge in [-0.05, 0) is 6.42 Å². The minimum Gasteiger partial charge on any atom is -0.497 e. The van der Waals surface area contributed by atoms with Crippen LogP contribution in [0.1, 0.15) is 6.42 Å². The lowest BCUT2D eigenvalue weighted by Crippen LogP contribution is -2.40. The van der Waals surface area contributed by atoms with Crippen molar-refractivity contribution in [2.75, 3.05) is 38.1 Å². The number of hydrogen-bond acceptors (Lipinski definition) is 5. The summed E-state index contributed by atoms with van der Waals surface area (Å²) < 4.78 is 33.3. The minimum atomic E-state index is -3.03. The summed E-state index contributed by atoms with van der Waals surface area (Å²) in [5.74, 6) is 1.25. The van der Waals surface area contributed by atoms with Crippen LogP contribution in [0.5, 0.6) is 11.5 Å². The van der Waals surface area contributed by atoms with E-state index >= 15 is 0 Å². The lowest BCUT2D eigenvalue weighted by molar-refractivity contribution is 0.209. The van der Waals surface area contributed by atoms with Crippen molar-refractivity contribution in [3.05, 3.63) is 18.2 Å². The minimum absolute atomic E-state index is 0.0123. The third-order valence-electron chi connectivity index (χ3n) is 3.68. The van der Waals surface area contributed by atoms with Gasteiger partial charge in [-0.2, -0.15) is 0 Å². The maximum Gasteiger partial charge on any atom is 0.321 e. The maximum absolute atomic E-state index is 12.2. The van der Waals surface area contributed by atoms with Gasteiger partial charge in [0.2, 0.25) is 0 Å². The van der Waals surface area contributed by atoms with Crippen LogP contribution in [-0.2, 0) is 9.84 Å². The van der Waals surface area contributed by atoms with Crippen molar-refractivity contribution >= 4 is 21.6 Å². The van der Waals surface area contributed by atoms with Crippen LogP contribution in [0.25, 0.3) is 0 Å². The smallest absolute Gasteiger partial charge is 0.321 e. The number of nitrogens with zero attached hydrogens (tertiary/aromatic N) is 1. The fourth-order valence-corrected chi connectivity index (χ4v) is 4.11. The standard InChI is InChI=1S/C14H20N2O5S/c1-16(11-4-5-22(18,19)9-11)14(17)15-10-6-12(20-2)8-13(7-10)21-3/h6-8,11H,4-5,9H2,1-3H3,(H,15,17). The van der Waals surface area contributed by atoms with Gasteiger partial charge in [-0.25, -0.2) is 13.2 Å². The first-order valence-corrected chi connectivity index (χ1v) is 8.64. The van der Waals surface area contributed by atoms with Gasteiger partial charge in [0.1, 0.15) is 11.5 Å². The lowest BCUT2D eigenvalue weighted by Gasteiger charge is -2.24. The summed E-state index contributed by atoms with van der Waals surface area (Å²) >= 11 is 0. The van der Waals surface area contributed by atoms with Gasteiger partial charge >= 0.3 is 6.03 Å². The predicted octanol–water partition coefficient (Wildman–Crippen LogP) is 1.35. The number of sulfone groups is 1. The molecular formula is C14H20N2O5S. The summed E-state index contributed by atoms with van der Waals surface area (Å²) in [6.07, 6.45) is 0.466. The molecule has 1 aliphatic rings. The largest absolute Gasteiger partial charge is 0.497 e. The van der Waals surface area contributed by atoms with Crippen LogP contribution >= 0.6 is 0 Å². The molecule has 1 atom stereocenters. The zero-order chi connectivity index (χ0) is 16.3. The topological polar surface area (TPSA) is 84.9 Å². The second kappa shape index (κ2) is 6.43. The fourth-order valence-electron chi connectivity index (χ4n) is 2.34. The number of rotatable bonds is 4. The molecule has 1 fully saturated rings. The first-order valence-electron chi connectivity index (χ1n) is 6.82. The van der Waals surface area contributed by atoms with Gasteiger partial charge in [0.05, 0.1) is 25.7 Å². The monoisotopic (exact) mass is 328 g/mol. The SMILES string of the molecule is COc1cc(NC(=O)N(C)C2CCS(=O)(=O)C2)cc(OC)c1. The highest BCUT2D eigenvalue weighted by atomic mass is 32.2. The van der Waals surface area contributed by atoms with Crippen LogP contribution in [0, 0.1) is 0 Å². The Morgan fingerprint density at radius 3 is 2.27 bits per heavy atom. The maximum atomic E-state index is 12.2. The molecule has 1 aromatic carbocycles. The summed E-state index contributed by atoms with van der Waals surface area (Å²) in [7, 11) is 1.61. The number of methoxy groups -OCH3 is 2. The molecular weight excluding hydrogens is 308 g/mol. The average molecular weight is 328 g/mol. The Morgan fingerprint density at radius 1 is 1.23 bits per heavy atom. The van der Waals surface area contributed by atoms with Gasteiger partial charge in [-0.15, -0.1) is 0 Å². The molecule has 22 heavy (non-hydrogen) atoms. The van der Waals surface area contributed by atoms with E-state index in [9.17, 15) is 13.2 Å². The van der Waals surface area contributed by atoms with Gasteiger partial charge in [0.15, 0.2) is 9.84 Å². The Morgan fingerprint density at radius 2 is 1.82 bits per heavy atom. The number of anilines is 1. The summed E-state index contributed by atoms with van der Waals surface area (Å²) in [5, 5.41) is 2.73. The molecule has 122 valence electrons. The highest BCUT2D eigenvalue weighted by Crippen LogP contribution is 2.26. The van der Waals surface area contributed by atoms with E-state index in [0.717, 1.165) is 0 Å². The molecule has 0 spiro atoms. The molecule has 1 N–H and O–H groups in total. The molecule has 7 nitrogen and oxygen atoms in total. The molecule has 0 radical (unpaired) electrons. The van der Waals surface area contributed by atoms with Crippen molar-refractivity contribution in [2.45, 2.75) is 12.5 Å². The molecule has 1 heterocycles. The number of amides is 2. The van der Waals surface area contributed by atoms with E-state index in [1.54, 1.807) is 25.2 Å². The second-order valence-electron chi connectivity index (χ2n) is 5.20. The molecule has 2 rings (SSSR count). The first-order chi connectivity index (χ1) is 10.3. The zero-order valence-corrected chi connectivity index (χ0v) is 13.6. The van der Waals surface area contributed by atoms with Gasteiger partial charge in [-0.1, -0.05) is 0 Å². The molecule has 2 amide bonds. The van der Waals surface area contributed by atoms with Crippen molar-refractivity contribution < 1.29 is 22.7 Å². The third kappa shape index (κ3) is 3.82. The molecule has 1 unspecified atom stereocenters. The van der Waals surface area contributed by atoms with Crippen molar-refractivity contribution in [3.8, 4) is 11.5 Å². The highest BCUT2D eigenvalue weighted by molar-refractivity contribution is 7.91. The number of benzene rings is 1. The predicted molar refractivity (Wildman–Crippen MR) is 83.4 cm³/mol. The Kier molecular flexibility index (Phi) is 4.80. The molecule has 0 saturated carbocycles. The normalized spacial score (nSPS) is 19.5. The van der Waals surface area contributed by atoms with Crippen LogP contribution in [0.2, 0.25) is 0 Å². The molecule has 0 aliphatic carbocycles. The van der Waals surface area contributed by atoms with E-state index in [1.807, 2.05) is 0 Å². The van der Waals surface area contributed by atoms with Gasteiger partial charge in [0, 0.05) is 37.0 Å². The molecule has 8 heteroatoms. The van der Waals surface area contributed by atoms with Crippen LogP contribution in [-0.4, -0.2) is 58.2 Å². The van der Waals surface area contributed by atoms with E-state index in [4.69, 9.17) is 9.47 Å². The van der Waals surface area contributed by atoms with Crippen LogP contribution < -0.4 is 14.8 Å². The first kappa shape index (κ1) is 16.4. The number of urea groups is 1. The van der Waals surface area contributed by atoms with E-state index in [-0.39, 0.29) is 23.6 Å². The second-order valence-corrected chi connectivity index (χ2v) is 7.43. The Hall–Kier alpha value is -1.96. The van der Waals surface area contributed by atoms with Crippen molar-refractivity contribution in [1.82, 2.24) is 4.90 Å². The summed E-state index contributed by atoms with van der Waals surface area (Å²) in [4.78, 5) is 13.7. The summed E-state index contributed by atoms with van der Waals surface area (Å²) in [6, 6.07) is 4.37. The molecule has 0 aromatic heterocycles. The number of ether oxygens (including phenoxy) is 2. The van der Waals surface area contributed by atoms with Gasteiger partial charge in [0.25, 0.3) is 0 Å². The number of carbonyl (C=O) groups excluding carboxylic acids is 1. The van der Waals surface area contributed by atoms with E-state index in [2.05, 4.69) is 5.32 Å². The zero-order valence-electron chi connectivity index (χ0n) is 12.8. The molecule has 0 bridgehead atoms. The Labute approximate surface area is 130 Å². The summed E-state index contributed by atoms with van der Waals surface area (Å²) in [6.45, 7) is 0. The van der Waals surface area contributed by atoms with Crippen LogP contribution in [0.4, 0.5) is 10.5 Å². The summed E-state index contributed by atoms with van der Waals surface area (Å²) in [5.41, 5.74) is 0.522. The van der Waals surface area contributed by atoms with E-state index < -0.39 is 9.84 Å². The number of hydrogen-bond donors (Lipinski definition) is 1. The van der Waals surface area contributed by atoms with E-state index in [1.165, 1.54) is 19.1 Å². The molecule has 1 saturated heterocycles. The lowest BCUT2D eigenvalue weighted by atomic mass is 10.2. The molecule has 1 aromatic rings. The Bertz CT molecular complexity index is 637. The Balaban J connectivity index is 2.08. The fraction of sp³-hybridized carbons (Fsp3) is 0.500. The van der Waals surface area contributed by atoms with Gasteiger partial charge in [-0.3, -0.25) is 0 Å². The average Bonchev–Trinajstić information content (AvgIpc) is 2.85. The quantitative estimate of drug-likeness (QED) is 0.902. The van der Waals surface area contributed by atoms with Gasteiger partial charge < -0.3 is 19.7 Å².